The Kier molecular flexibility index (Phi) is 3.99. The van der Waals surface area contributed by atoms with E-state index < -0.39 is 0 Å². The predicted molar refractivity (Wildman–Crippen MR) is 90.7 cm³/mol. The summed E-state index contributed by atoms with van der Waals surface area (Å²) in [5, 5.41) is 11.9. The first-order valence-corrected chi connectivity index (χ1v) is 9.29. The molecule has 0 unspecified atom stereocenters. The van der Waals surface area contributed by atoms with Gasteiger partial charge in [0.05, 0.1) is 17.6 Å². The molecule has 0 atom stereocenters. The van der Waals surface area contributed by atoms with Crippen LogP contribution < -0.4 is 11.2 Å². The van der Waals surface area contributed by atoms with Crippen molar-refractivity contribution in [2.24, 2.45) is 11.8 Å². The molecular weight excluding hydrogens is 326 g/mol. The fourth-order valence-electron chi connectivity index (χ4n) is 3.07. The van der Waals surface area contributed by atoms with Gasteiger partial charge in [-0.25, -0.2) is 4.68 Å². The van der Waals surface area contributed by atoms with Gasteiger partial charge in [-0.1, -0.05) is 11.8 Å². The van der Waals surface area contributed by atoms with Crippen LogP contribution in [0.1, 0.15) is 31.4 Å². The smallest absolute Gasteiger partial charge is 0.230 e. The van der Waals surface area contributed by atoms with Crippen LogP contribution in [0.2, 0.25) is 0 Å². The molecule has 0 radical (unpaired) electrons. The van der Waals surface area contributed by atoms with E-state index in [0.717, 1.165) is 11.3 Å². The van der Waals surface area contributed by atoms with Gasteiger partial charge in [0.25, 0.3) is 0 Å². The molecule has 1 amide bonds. The highest BCUT2D eigenvalue weighted by Crippen LogP contribution is 2.44. The minimum Gasteiger partial charge on any atom is -0.469 e. The second-order valence-electron chi connectivity index (χ2n) is 6.62. The van der Waals surface area contributed by atoms with Crippen LogP contribution in [-0.4, -0.2) is 32.6 Å². The lowest BCUT2D eigenvalue weighted by Crippen LogP contribution is -2.39. The van der Waals surface area contributed by atoms with E-state index in [2.05, 4.69) is 15.5 Å². The zero-order chi connectivity index (χ0) is 16.7. The van der Waals surface area contributed by atoms with E-state index in [9.17, 15) is 4.79 Å². The van der Waals surface area contributed by atoms with Gasteiger partial charge >= 0.3 is 0 Å². The number of hydrogen-bond donors (Lipinski definition) is 2. The number of furan rings is 1. The standard InChI is InChI=1S/C16H21N5O2S/c1-9-12(6-7-23-9)15-19-20-16(21(15)17)24-8-13(22)18-14(10-2-3-10)11-4-5-11/h6-7,10-11,14H,2-5,8,17H2,1H3,(H,18,22). The maximum Gasteiger partial charge on any atom is 0.230 e. The normalized spacial score (nSPS) is 17.4. The predicted octanol–water partition coefficient (Wildman–Crippen LogP) is 1.96. The number of rotatable bonds is 7. The van der Waals surface area contributed by atoms with Gasteiger partial charge in [0, 0.05) is 6.04 Å². The molecule has 128 valence electrons. The van der Waals surface area contributed by atoms with E-state index in [4.69, 9.17) is 10.3 Å². The average Bonchev–Trinajstić information content (AvgIpc) is 3.48. The Bertz CT molecular complexity index is 735. The highest BCUT2D eigenvalue weighted by atomic mass is 32.2. The molecule has 0 aromatic carbocycles. The van der Waals surface area contributed by atoms with Crippen LogP contribution in [0.25, 0.3) is 11.4 Å². The van der Waals surface area contributed by atoms with Crippen LogP contribution in [0.15, 0.2) is 21.9 Å². The van der Waals surface area contributed by atoms with E-state index >= 15 is 0 Å². The molecule has 2 fully saturated rings. The minimum atomic E-state index is 0.0489. The van der Waals surface area contributed by atoms with E-state index in [-0.39, 0.29) is 5.91 Å². The zero-order valence-corrected chi connectivity index (χ0v) is 14.4. The molecule has 2 saturated carbocycles. The van der Waals surface area contributed by atoms with Gasteiger partial charge in [-0.15, -0.1) is 10.2 Å². The van der Waals surface area contributed by atoms with Gasteiger partial charge in [0.15, 0.2) is 5.82 Å². The number of aryl methyl sites for hydroxylation is 1. The molecule has 2 aromatic rings. The summed E-state index contributed by atoms with van der Waals surface area (Å²) in [4.78, 5) is 12.2. The van der Waals surface area contributed by atoms with Crippen molar-refractivity contribution in [2.45, 2.75) is 43.8 Å². The van der Waals surface area contributed by atoms with E-state index in [1.165, 1.54) is 42.1 Å². The Labute approximate surface area is 144 Å². The third-order valence-electron chi connectivity index (χ3n) is 4.68. The maximum atomic E-state index is 12.2. The number of nitrogens with zero attached hydrogens (tertiary/aromatic N) is 3. The minimum absolute atomic E-state index is 0.0489. The van der Waals surface area contributed by atoms with Crippen LogP contribution in [-0.2, 0) is 4.79 Å². The third kappa shape index (κ3) is 3.15. The Morgan fingerprint density at radius 3 is 2.71 bits per heavy atom. The summed E-state index contributed by atoms with van der Waals surface area (Å²) in [5.41, 5.74) is 0.809. The number of amides is 1. The van der Waals surface area contributed by atoms with Crippen LogP contribution in [0.5, 0.6) is 0 Å². The second kappa shape index (κ2) is 6.16. The third-order valence-corrected chi connectivity index (χ3v) is 5.63. The van der Waals surface area contributed by atoms with Crippen molar-refractivity contribution >= 4 is 17.7 Å². The van der Waals surface area contributed by atoms with Crippen molar-refractivity contribution in [1.29, 1.82) is 0 Å². The number of nitrogens with one attached hydrogen (secondary N) is 1. The van der Waals surface area contributed by atoms with Gasteiger partial charge in [-0.05, 0) is 50.5 Å². The lowest BCUT2D eigenvalue weighted by molar-refractivity contribution is -0.119. The van der Waals surface area contributed by atoms with Crippen molar-refractivity contribution in [3.8, 4) is 11.4 Å². The number of hydrogen-bond acceptors (Lipinski definition) is 6. The van der Waals surface area contributed by atoms with Crippen LogP contribution in [0.4, 0.5) is 0 Å². The first-order chi connectivity index (χ1) is 11.6. The number of carbonyl (C=O) groups is 1. The van der Waals surface area contributed by atoms with Gasteiger partial charge in [0.2, 0.25) is 11.1 Å². The molecule has 2 aromatic heterocycles. The molecule has 8 heteroatoms. The summed E-state index contributed by atoms with van der Waals surface area (Å²) in [5.74, 6) is 9.08. The summed E-state index contributed by atoms with van der Waals surface area (Å²) in [6.45, 7) is 1.85. The Morgan fingerprint density at radius 2 is 2.12 bits per heavy atom. The van der Waals surface area contributed by atoms with Crippen LogP contribution in [0.3, 0.4) is 0 Å². The van der Waals surface area contributed by atoms with Gasteiger partial charge in [0.1, 0.15) is 5.76 Å². The van der Waals surface area contributed by atoms with Gasteiger partial charge < -0.3 is 15.6 Å². The van der Waals surface area contributed by atoms with Gasteiger partial charge in [-0.3, -0.25) is 4.79 Å². The molecule has 0 aliphatic heterocycles. The molecule has 2 aliphatic carbocycles. The Morgan fingerprint density at radius 1 is 1.42 bits per heavy atom. The molecule has 3 N–H and O–H groups in total. The largest absolute Gasteiger partial charge is 0.469 e. The van der Waals surface area contributed by atoms with Crippen LogP contribution in [0, 0.1) is 18.8 Å². The van der Waals surface area contributed by atoms with Crippen molar-refractivity contribution < 1.29 is 9.21 Å². The second-order valence-corrected chi connectivity index (χ2v) is 7.57. The fraction of sp³-hybridized carbons (Fsp3) is 0.562. The van der Waals surface area contributed by atoms with E-state index in [1.54, 1.807) is 12.3 Å². The summed E-state index contributed by atoms with van der Waals surface area (Å²) < 4.78 is 6.69. The number of nitrogens with two attached hydrogens (primary N) is 1. The van der Waals surface area contributed by atoms with E-state index in [0.29, 0.717) is 34.6 Å². The van der Waals surface area contributed by atoms with Crippen molar-refractivity contribution in [1.82, 2.24) is 20.2 Å². The first-order valence-electron chi connectivity index (χ1n) is 8.30. The van der Waals surface area contributed by atoms with Crippen molar-refractivity contribution in [3.05, 3.63) is 18.1 Å². The quantitative estimate of drug-likeness (QED) is 0.587. The highest BCUT2D eigenvalue weighted by Gasteiger charge is 2.42. The van der Waals surface area contributed by atoms with Gasteiger partial charge in [-0.2, -0.15) is 0 Å². The average molecular weight is 347 g/mol. The lowest BCUT2D eigenvalue weighted by Gasteiger charge is -2.17. The number of thioether (sulfide) groups is 1. The SMILES string of the molecule is Cc1occc1-c1nnc(SCC(=O)NC(C2CC2)C2CC2)n1N. The molecule has 0 spiro atoms. The summed E-state index contributed by atoms with van der Waals surface area (Å²) in [6, 6.07) is 2.18. The Hall–Kier alpha value is -1.96. The van der Waals surface area contributed by atoms with Crippen molar-refractivity contribution in [3.63, 3.8) is 0 Å². The Balaban J connectivity index is 1.36. The molecule has 4 rings (SSSR count). The summed E-state index contributed by atoms with van der Waals surface area (Å²) in [7, 11) is 0. The number of carbonyl (C=O) groups excluding carboxylic acids is 1. The fourth-order valence-corrected chi connectivity index (χ4v) is 3.73. The summed E-state index contributed by atoms with van der Waals surface area (Å²) in [6.07, 6.45) is 6.59. The molecule has 2 aliphatic rings. The summed E-state index contributed by atoms with van der Waals surface area (Å²) >= 11 is 1.31. The molecule has 2 heterocycles. The monoisotopic (exact) mass is 347 g/mol. The molecule has 7 nitrogen and oxygen atoms in total. The number of nitrogen functional groups attached to an aromatic ring is 1. The first kappa shape index (κ1) is 15.6. The molecule has 0 bridgehead atoms. The molecule has 24 heavy (non-hydrogen) atoms. The lowest BCUT2D eigenvalue weighted by atomic mass is 10.1. The molecule has 0 saturated heterocycles. The van der Waals surface area contributed by atoms with E-state index in [1.807, 2.05) is 6.92 Å². The highest BCUT2D eigenvalue weighted by molar-refractivity contribution is 7.99. The maximum absolute atomic E-state index is 12.2. The van der Waals surface area contributed by atoms with Crippen LogP contribution >= 0.6 is 11.8 Å². The van der Waals surface area contributed by atoms with Crippen molar-refractivity contribution in [2.75, 3.05) is 11.6 Å². The topological polar surface area (TPSA) is 99.0 Å². The molecular formula is C16H21N5O2S. The zero-order valence-electron chi connectivity index (χ0n) is 13.6. The number of aromatic nitrogens is 3.